The number of unbranched alkanes of at least 4 members (excludes halogenated alkanes) is 2. The maximum absolute atomic E-state index is 14.1. The van der Waals surface area contributed by atoms with Gasteiger partial charge in [-0.25, -0.2) is 8.78 Å². The number of hydrogen-bond donors (Lipinski definition) is 0. The summed E-state index contributed by atoms with van der Waals surface area (Å²) in [4.78, 5) is 0. The Kier molecular flexibility index (Phi) is 9.62. The minimum Gasteiger partial charge on any atom is -0.380 e. The second kappa shape index (κ2) is 12.2. The lowest BCUT2D eigenvalue weighted by Crippen LogP contribution is -2.26. The summed E-state index contributed by atoms with van der Waals surface area (Å²) in [5.74, 6) is 2.67. The number of hydrogen-bond acceptors (Lipinski definition) is 1. The average molecular weight is 421 g/mol. The van der Waals surface area contributed by atoms with Gasteiger partial charge < -0.3 is 4.74 Å². The summed E-state index contributed by atoms with van der Waals surface area (Å²) in [6, 6.07) is 3.00. The first kappa shape index (κ1) is 23.7. The molecule has 170 valence electrons. The van der Waals surface area contributed by atoms with Gasteiger partial charge in [-0.1, -0.05) is 58.3 Å². The lowest BCUT2D eigenvalue weighted by atomic mass is 9.68. The normalized spacial score (nSPS) is 27.3. The first-order valence-electron chi connectivity index (χ1n) is 12.6. The van der Waals surface area contributed by atoms with Crippen LogP contribution < -0.4 is 0 Å². The van der Waals surface area contributed by atoms with Crippen LogP contribution in [0.25, 0.3) is 0 Å². The van der Waals surface area contributed by atoms with E-state index < -0.39 is 11.6 Å². The first-order valence-corrected chi connectivity index (χ1v) is 12.6. The number of methoxy groups -OCH3 is 1. The molecule has 0 N–H and O–H groups in total. The molecular formula is C27H42F2O. The first-order chi connectivity index (χ1) is 14.6. The third kappa shape index (κ3) is 6.77. The maximum Gasteiger partial charge on any atom is 0.131 e. The molecule has 0 atom stereocenters. The summed E-state index contributed by atoms with van der Waals surface area (Å²) < 4.78 is 33.1. The molecule has 0 aliphatic heterocycles. The molecule has 0 bridgehead atoms. The van der Waals surface area contributed by atoms with Crippen molar-refractivity contribution in [3.8, 4) is 0 Å². The van der Waals surface area contributed by atoms with Crippen molar-refractivity contribution in [3.05, 3.63) is 34.9 Å². The van der Waals surface area contributed by atoms with Crippen LogP contribution in [0.1, 0.15) is 102 Å². The van der Waals surface area contributed by atoms with Crippen LogP contribution in [0.5, 0.6) is 0 Å². The molecule has 0 unspecified atom stereocenters. The highest BCUT2D eigenvalue weighted by molar-refractivity contribution is 5.26. The van der Waals surface area contributed by atoms with Crippen molar-refractivity contribution in [1.82, 2.24) is 0 Å². The van der Waals surface area contributed by atoms with Gasteiger partial charge in [0.1, 0.15) is 11.6 Å². The Morgan fingerprint density at radius 1 is 0.800 bits per heavy atom. The van der Waals surface area contributed by atoms with Gasteiger partial charge in [-0.15, -0.1) is 0 Å². The van der Waals surface area contributed by atoms with Gasteiger partial charge in [0, 0.05) is 12.7 Å². The van der Waals surface area contributed by atoms with Gasteiger partial charge in [0.2, 0.25) is 0 Å². The molecule has 0 radical (unpaired) electrons. The third-order valence-electron chi connectivity index (χ3n) is 8.00. The summed E-state index contributed by atoms with van der Waals surface area (Å²) in [7, 11) is 1.46. The van der Waals surface area contributed by atoms with Crippen molar-refractivity contribution in [2.45, 2.75) is 103 Å². The summed E-state index contributed by atoms with van der Waals surface area (Å²) in [6.07, 6.45) is 18.6. The molecule has 2 aliphatic rings. The number of benzene rings is 1. The molecule has 1 aromatic rings. The Bertz CT molecular complexity index is 605. The van der Waals surface area contributed by atoms with E-state index in [0.717, 1.165) is 42.1 Å². The molecule has 0 spiro atoms. The van der Waals surface area contributed by atoms with E-state index in [0.29, 0.717) is 0 Å². The Labute approximate surface area is 183 Å². The van der Waals surface area contributed by atoms with E-state index in [4.69, 9.17) is 4.74 Å². The SMILES string of the molecule is CCCCCC1CCC(C2CCC(CCc3cc(F)c(COC)c(F)c3)CC2)CC1. The van der Waals surface area contributed by atoms with Crippen molar-refractivity contribution >= 4 is 0 Å². The van der Waals surface area contributed by atoms with Crippen LogP contribution in [-0.2, 0) is 17.8 Å². The number of aryl methyl sites for hydroxylation is 1. The van der Waals surface area contributed by atoms with Crippen LogP contribution in [0.3, 0.4) is 0 Å². The molecule has 0 heterocycles. The second-order valence-electron chi connectivity index (χ2n) is 10.1. The topological polar surface area (TPSA) is 9.23 Å². The Morgan fingerprint density at radius 2 is 1.33 bits per heavy atom. The highest BCUT2D eigenvalue weighted by Crippen LogP contribution is 2.43. The van der Waals surface area contributed by atoms with Gasteiger partial charge >= 0.3 is 0 Å². The van der Waals surface area contributed by atoms with Crippen LogP contribution in [0, 0.1) is 35.3 Å². The number of ether oxygens (including phenoxy) is 1. The zero-order chi connectivity index (χ0) is 21.3. The van der Waals surface area contributed by atoms with Crippen LogP contribution in [-0.4, -0.2) is 7.11 Å². The highest BCUT2D eigenvalue weighted by Gasteiger charge is 2.30. The molecule has 1 aromatic carbocycles. The minimum atomic E-state index is -0.471. The smallest absolute Gasteiger partial charge is 0.131 e. The molecule has 30 heavy (non-hydrogen) atoms. The van der Waals surface area contributed by atoms with Crippen molar-refractivity contribution < 1.29 is 13.5 Å². The van der Waals surface area contributed by atoms with Gasteiger partial charge in [0.25, 0.3) is 0 Å². The summed E-state index contributed by atoms with van der Waals surface area (Å²) in [5, 5.41) is 0. The Balaban J connectivity index is 1.37. The van der Waals surface area contributed by atoms with E-state index >= 15 is 0 Å². The largest absolute Gasteiger partial charge is 0.380 e. The van der Waals surface area contributed by atoms with Crippen LogP contribution in [0.15, 0.2) is 12.1 Å². The van der Waals surface area contributed by atoms with Crippen LogP contribution in [0.2, 0.25) is 0 Å². The fourth-order valence-electron chi connectivity index (χ4n) is 6.03. The number of rotatable bonds is 10. The van der Waals surface area contributed by atoms with E-state index in [1.165, 1.54) is 96.3 Å². The molecule has 2 saturated carbocycles. The molecule has 3 heteroatoms. The molecule has 0 amide bonds. The van der Waals surface area contributed by atoms with Gasteiger partial charge in [-0.2, -0.15) is 0 Å². The van der Waals surface area contributed by atoms with Crippen molar-refractivity contribution in [1.29, 1.82) is 0 Å². The van der Waals surface area contributed by atoms with Crippen molar-refractivity contribution in [2.75, 3.05) is 7.11 Å². The monoisotopic (exact) mass is 420 g/mol. The predicted octanol–water partition coefficient (Wildman–Crippen LogP) is 8.24. The Morgan fingerprint density at radius 3 is 1.83 bits per heavy atom. The number of halogens is 2. The van der Waals surface area contributed by atoms with Crippen molar-refractivity contribution in [2.24, 2.45) is 23.7 Å². The van der Waals surface area contributed by atoms with Gasteiger partial charge in [-0.3, -0.25) is 0 Å². The Hall–Kier alpha value is -0.960. The minimum absolute atomic E-state index is 0.0113. The summed E-state index contributed by atoms with van der Waals surface area (Å²) in [6.45, 7) is 2.28. The highest BCUT2D eigenvalue weighted by atomic mass is 19.1. The zero-order valence-electron chi connectivity index (χ0n) is 19.2. The third-order valence-corrected chi connectivity index (χ3v) is 8.00. The molecule has 2 aliphatic carbocycles. The molecular weight excluding hydrogens is 378 g/mol. The molecule has 3 rings (SSSR count). The fraction of sp³-hybridized carbons (Fsp3) is 0.778. The average Bonchev–Trinajstić information content (AvgIpc) is 2.76. The standard InChI is InChI=1S/C27H42F2O/c1-3-4-5-6-20-9-13-23(14-10-20)24-15-11-21(12-16-24)7-8-22-17-26(28)25(19-30-2)27(29)18-22/h17-18,20-21,23-24H,3-16,19H2,1-2H3. The molecule has 1 nitrogen and oxygen atoms in total. The maximum atomic E-state index is 14.1. The van der Waals surface area contributed by atoms with Crippen molar-refractivity contribution in [3.63, 3.8) is 0 Å². The quantitative estimate of drug-likeness (QED) is 0.346. The van der Waals surface area contributed by atoms with E-state index in [2.05, 4.69) is 6.92 Å². The lowest BCUT2D eigenvalue weighted by Gasteiger charge is -2.38. The fourth-order valence-corrected chi connectivity index (χ4v) is 6.03. The molecule has 2 fully saturated rings. The van der Waals surface area contributed by atoms with E-state index in [1.807, 2.05) is 0 Å². The van der Waals surface area contributed by atoms with E-state index in [9.17, 15) is 8.78 Å². The van der Waals surface area contributed by atoms with Gasteiger partial charge in [0.05, 0.1) is 6.61 Å². The van der Waals surface area contributed by atoms with E-state index in [-0.39, 0.29) is 12.2 Å². The second-order valence-corrected chi connectivity index (χ2v) is 10.1. The van der Waals surface area contributed by atoms with Gasteiger partial charge in [-0.05, 0) is 79.9 Å². The van der Waals surface area contributed by atoms with E-state index in [1.54, 1.807) is 0 Å². The zero-order valence-corrected chi connectivity index (χ0v) is 19.2. The van der Waals surface area contributed by atoms with Crippen LogP contribution in [0.4, 0.5) is 8.78 Å². The lowest BCUT2D eigenvalue weighted by molar-refractivity contribution is 0.140. The summed E-state index contributed by atoms with van der Waals surface area (Å²) >= 11 is 0. The molecule has 0 aromatic heterocycles. The van der Waals surface area contributed by atoms with Gasteiger partial charge in [0.15, 0.2) is 0 Å². The summed E-state index contributed by atoms with van der Waals surface area (Å²) in [5.41, 5.74) is 0.829. The molecule has 0 saturated heterocycles. The predicted molar refractivity (Wildman–Crippen MR) is 120 cm³/mol. The van der Waals surface area contributed by atoms with Crippen LogP contribution >= 0.6 is 0 Å².